The molecule has 0 amide bonds. The van der Waals surface area contributed by atoms with Crippen molar-refractivity contribution in [2.45, 2.75) is 66.7 Å². The summed E-state index contributed by atoms with van der Waals surface area (Å²) in [7, 11) is 0. The molecule has 0 heterocycles. The molecule has 0 radical (unpaired) electrons. The van der Waals surface area contributed by atoms with E-state index in [0.29, 0.717) is 5.92 Å². The Kier molecular flexibility index (Phi) is 22.7. The van der Waals surface area contributed by atoms with Crippen molar-refractivity contribution in [2.24, 2.45) is 5.92 Å². The Bertz CT molecular complexity index is 431. The summed E-state index contributed by atoms with van der Waals surface area (Å²) < 4.78 is 0. The molecule has 0 fully saturated rings. The molecular weight excluding hydrogens is 300 g/mol. The molecule has 1 unspecified atom stereocenters. The maximum Gasteiger partial charge on any atom is -0.0230 e. The molecule has 0 aromatic rings. The van der Waals surface area contributed by atoms with Gasteiger partial charge in [0.2, 0.25) is 0 Å². The predicted octanol–water partition coefficient (Wildman–Crippen LogP) is 8.78. The van der Waals surface area contributed by atoms with Crippen LogP contribution < -0.4 is 0 Å². The zero-order valence-electron chi connectivity index (χ0n) is 17.7. The third-order valence-corrected chi connectivity index (χ3v) is 3.43. The fraction of sp³-hybridized carbons (Fsp3) is 0.440. The Balaban J connectivity index is -0.000000300. The maximum atomic E-state index is 3.83. The Hall–Kier alpha value is -1.82. The molecule has 0 N–H and O–H groups in total. The van der Waals surface area contributed by atoms with Gasteiger partial charge in [0, 0.05) is 0 Å². The first-order chi connectivity index (χ1) is 11.6. The highest BCUT2D eigenvalue weighted by Crippen LogP contribution is 2.06. The molecule has 0 aromatic heterocycles. The van der Waals surface area contributed by atoms with Gasteiger partial charge in [0.05, 0.1) is 0 Å². The third kappa shape index (κ3) is 30.6. The molecule has 0 bridgehead atoms. The summed E-state index contributed by atoms with van der Waals surface area (Å²) in [6.45, 7) is 32.5. The van der Waals surface area contributed by atoms with Crippen LogP contribution in [0.25, 0.3) is 0 Å². The highest BCUT2D eigenvalue weighted by Gasteiger charge is 1.89. The molecule has 25 heavy (non-hydrogen) atoms. The van der Waals surface area contributed by atoms with Crippen LogP contribution in [0, 0.1) is 5.92 Å². The second-order valence-electron chi connectivity index (χ2n) is 6.58. The van der Waals surface area contributed by atoms with E-state index in [1.807, 2.05) is 39.0 Å². The molecule has 0 aliphatic heterocycles. The van der Waals surface area contributed by atoms with Gasteiger partial charge in [-0.15, -0.1) is 6.58 Å². The first-order valence-electron chi connectivity index (χ1n) is 9.18. The topological polar surface area (TPSA) is 0 Å². The van der Waals surface area contributed by atoms with Crippen LogP contribution in [0.5, 0.6) is 0 Å². The summed E-state index contributed by atoms with van der Waals surface area (Å²) in [5.41, 5.74) is 4.41. The first-order valence-corrected chi connectivity index (χ1v) is 9.18. The number of allylic oxidation sites excluding steroid dienone is 8. The second kappa shape index (κ2) is 20.2. The maximum absolute atomic E-state index is 3.83. The van der Waals surface area contributed by atoms with Crippen molar-refractivity contribution in [1.29, 1.82) is 0 Å². The zero-order chi connectivity index (χ0) is 20.3. The van der Waals surface area contributed by atoms with E-state index in [9.17, 15) is 0 Å². The van der Waals surface area contributed by atoms with E-state index in [-0.39, 0.29) is 0 Å². The predicted molar refractivity (Wildman–Crippen MR) is 121 cm³/mol. The fourth-order valence-electron chi connectivity index (χ4n) is 1.28. The molecule has 0 saturated carbocycles. The molecule has 1 atom stereocenters. The van der Waals surface area contributed by atoms with Crippen LogP contribution in [-0.2, 0) is 0 Å². The average molecular weight is 343 g/mol. The van der Waals surface area contributed by atoms with Crippen molar-refractivity contribution >= 4 is 0 Å². The Morgan fingerprint density at radius 3 is 1.76 bits per heavy atom. The largest absolute Gasteiger partial charge is 0.103 e. The van der Waals surface area contributed by atoms with E-state index in [4.69, 9.17) is 0 Å². The molecule has 0 nitrogen and oxygen atoms in total. The first kappa shape index (κ1) is 28.0. The standard InChI is InChI=1S/C10H16.C9H16.C6H10/c1-5-10(4)8-6-7-9(2)3;1-4-6-7-8-9(3)5-2;1-5(2)6(3)4/h5-7,10H,1-2,8H2,3-4H3;5H,2-4,6-8H2,1H3;1,3H2,2,4H3/b7-6+;;. The van der Waals surface area contributed by atoms with E-state index in [1.165, 1.54) is 24.8 Å². The minimum absolute atomic E-state index is 0.579. The monoisotopic (exact) mass is 342 g/mol. The number of rotatable bonds is 10. The fourth-order valence-corrected chi connectivity index (χ4v) is 1.28. The lowest BCUT2D eigenvalue weighted by atomic mass is 10.1. The van der Waals surface area contributed by atoms with Gasteiger partial charge >= 0.3 is 0 Å². The summed E-state index contributed by atoms with van der Waals surface area (Å²) in [5.74, 6) is 0.579. The normalized spacial score (nSPS) is 10.4. The van der Waals surface area contributed by atoms with E-state index < -0.39 is 0 Å². The minimum Gasteiger partial charge on any atom is -0.103 e. The number of unbranched alkanes of at least 4 members (excludes halogenated alkanes) is 2. The SMILES string of the molecule is C=C(C)C(=C)C.C=CC(=C)CCCCC.C=CC(C)C/C=C/C(=C)C. The molecule has 0 rings (SSSR count). The van der Waals surface area contributed by atoms with Crippen molar-refractivity contribution < 1.29 is 0 Å². The Morgan fingerprint density at radius 2 is 1.44 bits per heavy atom. The van der Waals surface area contributed by atoms with Crippen molar-refractivity contribution in [3.63, 3.8) is 0 Å². The zero-order valence-corrected chi connectivity index (χ0v) is 17.7. The van der Waals surface area contributed by atoms with Crippen LogP contribution in [0.15, 0.2) is 86.1 Å². The van der Waals surface area contributed by atoms with Gasteiger partial charge in [-0.1, -0.05) is 106 Å². The van der Waals surface area contributed by atoms with Crippen LogP contribution >= 0.6 is 0 Å². The third-order valence-electron chi connectivity index (χ3n) is 3.43. The molecule has 0 heteroatoms. The van der Waals surface area contributed by atoms with Gasteiger partial charge in [-0.05, 0) is 46.0 Å². The lowest BCUT2D eigenvalue weighted by Gasteiger charge is -1.97. The van der Waals surface area contributed by atoms with Crippen molar-refractivity contribution in [2.75, 3.05) is 0 Å². The van der Waals surface area contributed by atoms with Crippen LogP contribution in [0.3, 0.4) is 0 Å². The molecule has 0 saturated heterocycles. The Morgan fingerprint density at radius 1 is 0.920 bits per heavy atom. The van der Waals surface area contributed by atoms with Crippen LogP contribution in [0.4, 0.5) is 0 Å². The van der Waals surface area contributed by atoms with Gasteiger partial charge < -0.3 is 0 Å². The quantitative estimate of drug-likeness (QED) is 0.211. The summed E-state index contributed by atoms with van der Waals surface area (Å²) in [6.07, 6.45) is 14.0. The van der Waals surface area contributed by atoms with Crippen LogP contribution in [-0.4, -0.2) is 0 Å². The smallest absolute Gasteiger partial charge is 0.0230 e. The van der Waals surface area contributed by atoms with Crippen LogP contribution in [0.2, 0.25) is 0 Å². The van der Waals surface area contributed by atoms with Gasteiger partial charge in [-0.25, -0.2) is 0 Å². The van der Waals surface area contributed by atoms with Gasteiger partial charge in [0.15, 0.2) is 0 Å². The van der Waals surface area contributed by atoms with Gasteiger partial charge in [0.1, 0.15) is 0 Å². The summed E-state index contributed by atoms with van der Waals surface area (Å²) in [6, 6.07) is 0. The van der Waals surface area contributed by atoms with E-state index >= 15 is 0 Å². The van der Waals surface area contributed by atoms with Crippen molar-refractivity contribution in [1.82, 2.24) is 0 Å². The number of hydrogen-bond donors (Lipinski definition) is 0. The van der Waals surface area contributed by atoms with Crippen molar-refractivity contribution in [3.8, 4) is 0 Å². The Labute approximate surface area is 159 Å². The van der Waals surface area contributed by atoms with Crippen molar-refractivity contribution in [3.05, 3.63) is 86.1 Å². The molecule has 142 valence electrons. The lowest BCUT2D eigenvalue weighted by molar-refractivity contribution is 0.720. The van der Waals surface area contributed by atoms with Crippen LogP contribution in [0.1, 0.15) is 66.7 Å². The molecule has 0 aliphatic rings. The molecular formula is C25H42. The van der Waals surface area contributed by atoms with Gasteiger partial charge in [-0.2, -0.15) is 0 Å². The minimum atomic E-state index is 0.579. The number of hydrogen-bond acceptors (Lipinski definition) is 0. The summed E-state index contributed by atoms with van der Waals surface area (Å²) in [4.78, 5) is 0. The average Bonchev–Trinajstić information content (AvgIpc) is 2.55. The van der Waals surface area contributed by atoms with E-state index in [0.717, 1.165) is 29.6 Å². The van der Waals surface area contributed by atoms with Gasteiger partial charge in [0.25, 0.3) is 0 Å². The van der Waals surface area contributed by atoms with Gasteiger partial charge in [-0.3, -0.25) is 0 Å². The van der Waals surface area contributed by atoms with E-state index in [1.54, 1.807) is 0 Å². The molecule has 0 spiro atoms. The highest BCUT2D eigenvalue weighted by molar-refractivity contribution is 5.19. The molecule has 0 aromatic carbocycles. The summed E-state index contributed by atoms with van der Waals surface area (Å²) in [5, 5.41) is 0. The lowest BCUT2D eigenvalue weighted by Crippen LogP contribution is -1.83. The van der Waals surface area contributed by atoms with E-state index in [2.05, 4.69) is 59.4 Å². The molecule has 0 aliphatic carbocycles. The highest BCUT2D eigenvalue weighted by atomic mass is 13.9. The second-order valence-corrected chi connectivity index (χ2v) is 6.58. The summed E-state index contributed by atoms with van der Waals surface area (Å²) >= 11 is 0.